The smallest absolute Gasteiger partial charge is 0.416 e. The number of benzene rings is 2. The molecule has 2 rings (SSSR count). The van der Waals surface area contributed by atoms with Crippen LogP contribution in [0.4, 0.5) is 18.9 Å². The highest BCUT2D eigenvalue weighted by atomic mass is 19.4. The zero-order valence-electron chi connectivity index (χ0n) is 10.8. The molecular weight excluding hydrogens is 283 g/mol. The molecule has 0 aromatic heterocycles. The van der Waals surface area contributed by atoms with Gasteiger partial charge in [-0.15, -0.1) is 0 Å². The molecule has 2 aromatic rings. The second-order valence-corrected chi connectivity index (χ2v) is 4.15. The Bertz CT molecular complexity index is 612. The van der Waals surface area contributed by atoms with Crippen LogP contribution >= 0.6 is 0 Å². The number of ether oxygens (including phenoxy) is 1. The molecule has 109 valence electrons. The molecule has 0 fully saturated rings. The molecule has 0 aliphatic rings. The summed E-state index contributed by atoms with van der Waals surface area (Å²) in [6.07, 6.45) is -4.45. The third-order valence-electron chi connectivity index (χ3n) is 2.53. The van der Waals surface area contributed by atoms with E-state index in [9.17, 15) is 18.0 Å². The highest BCUT2D eigenvalue weighted by Gasteiger charge is 2.30. The predicted molar refractivity (Wildman–Crippen MR) is 70.8 cm³/mol. The fourth-order valence-electron chi connectivity index (χ4n) is 1.59. The fourth-order valence-corrected chi connectivity index (χ4v) is 1.59. The van der Waals surface area contributed by atoms with Gasteiger partial charge in [0, 0.05) is 5.69 Å². The topological polar surface area (TPSA) is 38.3 Å². The van der Waals surface area contributed by atoms with Crippen LogP contribution in [0.3, 0.4) is 0 Å². The molecule has 3 nitrogen and oxygen atoms in total. The van der Waals surface area contributed by atoms with Gasteiger partial charge >= 0.3 is 6.18 Å². The SMILES string of the molecule is O=C(COc1cc[c]cc1)Nc1cccc(C(F)(F)F)c1. The van der Waals surface area contributed by atoms with Gasteiger partial charge in [0.1, 0.15) is 5.75 Å². The summed E-state index contributed by atoms with van der Waals surface area (Å²) in [6, 6.07) is 13.7. The number of amides is 1. The van der Waals surface area contributed by atoms with Gasteiger partial charge in [0.2, 0.25) is 0 Å². The van der Waals surface area contributed by atoms with Crippen LogP contribution < -0.4 is 10.1 Å². The van der Waals surface area contributed by atoms with Crippen molar-refractivity contribution in [3.05, 3.63) is 60.2 Å². The van der Waals surface area contributed by atoms with E-state index >= 15 is 0 Å². The summed E-state index contributed by atoms with van der Waals surface area (Å²) in [5, 5.41) is 2.35. The first kappa shape index (κ1) is 14.9. The minimum Gasteiger partial charge on any atom is -0.484 e. The van der Waals surface area contributed by atoms with E-state index in [0.29, 0.717) is 5.75 Å². The summed E-state index contributed by atoms with van der Waals surface area (Å²) in [6.45, 7) is -0.291. The summed E-state index contributed by atoms with van der Waals surface area (Å²) in [5.41, 5.74) is -0.750. The maximum absolute atomic E-state index is 12.5. The molecule has 0 heterocycles. The van der Waals surface area contributed by atoms with E-state index in [1.54, 1.807) is 24.3 Å². The molecule has 1 radical (unpaired) electrons. The van der Waals surface area contributed by atoms with Gasteiger partial charge in [-0.3, -0.25) is 4.79 Å². The first-order chi connectivity index (χ1) is 9.95. The van der Waals surface area contributed by atoms with E-state index in [-0.39, 0.29) is 12.3 Å². The number of nitrogens with one attached hydrogen (secondary N) is 1. The highest BCUT2D eigenvalue weighted by molar-refractivity contribution is 5.91. The van der Waals surface area contributed by atoms with Crippen molar-refractivity contribution in [2.75, 3.05) is 11.9 Å². The van der Waals surface area contributed by atoms with Crippen LogP contribution in [-0.2, 0) is 11.0 Å². The molecular formula is C15H11F3NO2. The number of carbonyl (C=O) groups excluding carboxylic acids is 1. The van der Waals surface area contributed by atoms with E-state index in [1.807, 2.05) is 0 Å². The number of hydrogen-bond donors (Lipinski definition) is 1. The molecule has 21 heavy (non-hydrogen) atoms. The number of rotatable bonds is 4. The Hall–Kier alpha value is -2.50. The second kappa shape index (κ2) is 6.30. The monoisotopic (exact) mass is 294 g/mol. The van der Waals surface area contributed by atoms with Gasteiger partial charge in [-0.25, -0.2) is 0 Å². The summed E-state index contributed by atoms with van der Waals surface area (Å²) >= 11 is 0. The van der Waals surface area contributed by atoms with Gasteiger partial charge in [-0.05, 0) is 36.4 Å². The quantitative estimate of drug-likeness (QED) is 0.937. The van der Waals surface area contributed by atoms with E-state index in [0.717, 1.165) is 12.1 Å². The first-order valence-corrected chi connectivity index (χ1v) is 6.01. The molecule has 6 heteroatoms. The van der Waals surface area contributed by atoms with Crippen molar-refractivity contribution >= 4 is 11.6 Å². The van der Waals surface area contributed by atoms with Gasteiger partial charge in [0.15, 0.2) is 6.61 Å². The maximum atomic E-state index is 12.5. The number of alkyl halides is 3. The van der Waals surface area contributed by atoms with Crippen molar-refractivity contribution < 1.29 is 22.7 Å². The zero-order chi connectivity index (χ0) is 15.3. The van der Waals surface area contributed by atoms with E-state index < -0.39 is 17.6 Å². The Balaban J connectivity index is 1.94. The molecule has 0 unspecified atom stereocenters. The molecule has 0 aliphatic heterocycles. The van der Waals surface area contributed by atoms with Crippen molar-refractivity contribution in [1.29, 1.82) is 0 Å². The largest absolute Gasteiger partial charge is 0.484 e. The van der Waals surface area contributed by atoms with E-state index in [4.69, 9.17) is 4.74 Å². The molecule has 0 spiro atoms. The van der Waals surface area contributed by atoms with Crippen LogP contribution in [0, 0.1) is 6.07 Å². The minimum atomic E-state index is -4.45. The fraction of sp³-hybridized carbons (Fsp3) is 0.133. The number of hydrogen-bond acceptors (Lipinski definition) is 2. The number of carbonyl (C=O) groups is 1. The normalized spacial score (nSPS) is 11.0. The van der Waals surface area contributed by atoms with Crippen LogP contribution in [0.25, 0.3) is 0 Å². The second-order valence-electron chi connectivity index (χ2n) is 4.15. The van der Waals surface area contributed by atoms with Crippen LogP contribution in [-0.4, -0.2) is 12.5 Å². The molecule has 0 aliphatic carbocycles. The summed E-state index contributed by atoms with van der Waals surface area (Å²) in [7, 11) is 0. The third-order valence-corrected chi connectivity index (χ3v) is 2.53. The summed E-state index contributed by atoms with van der Waals surface area (Å²) in [4.78, 5) is 11.6. The van der Waals surface area contributed by atoms with Crippen molar-refractivity contribution in [2.24, 2.45) is 0 Å². The maximum Gasteiger partial charge on any atom is 0.416 e. The highest BCUT2D eigenvalue weighted by Crippen LogP contribution is 2.30. The van der Waals surface area contributed by atoms with Crippen molar-refractivity contribution in [3.8, 4) is 5.75 Å². The van der Waals surface area contributed by atoms with Crippen molar-refractivity contribution in [1.82, 2.24) is 0 Å². The lowest BCUT2D eigenvalue weighted by molar-refractivity contribution is -0.137. The van der Waals surface area contributed by atoms with Gasteiger partial charge in [-0.2, -0.15) is 13.2 Å². The van der Waals surface area contributed by atoms with E-state index in [1.165, 1.54) is 12.1 Å². The minimum absolute atomic E-state index is 0.0693. The standard InChI is InChI=1S/C15H11F3NO2/c16-15(17,18)11-5-4-6-12(9-11)19-14(20)10-21-13-7-2-1-3-8-13/h2-9H,10H2,(H,19,20). The lowest BCUT2D eigenvalue weighted by Crippen LogP contribution is -2.20. The molecule has 2 aromatic carbocycles. The Morgan fingerprint density at radius 1 is 1.19 bits per heavy atom. The number of halogens is 3. The molecule has 0 saturated heterocycles. The van der Waals surface area contributed by atoms with Gasteiger partial charge in [0.25, 0.3) is 5.91 Å². The Morgan fingerprint density at radius 2 is 1.90 bits per heavy atom. The average molecular weight is 294 g/mol. The van der Waals surface area contributed by atoms with Crippen LogP contribution in [0.5, 0.6) is 5.75 Å². The van der Waals surface area contributed by atoms with Crippen LogP contribution in [0.2, 0.25) is 0 Å². The Labute approximate surface area is 119 Å². The molecule has 0 saturated carbocycles. The molecule has 0 atom stereocenters. The summed E-state index contributed by atoms with van der Waals surface area (Å²) < 4.78 is 42.8. The third kappa shape index (κ3) is 4.52. The molecule has 0 bridgehead atoms. The Morgan fingerprint density at radius 3 is 2.57 bits per heavy atom. The van der Waals surface area contributed by atoms with Gasteiger partial charge in [-0.1, -0.05) is 18.2 Å². The lowest BCUT2D eigenvalue weighted by Gasteiger charge is -2.10. The first-order valence-electron chi connectivity index (χ1n) is 6.01. The predicted octanol–water partition coefficient (Wildman–Crippen LogP) is 3.52. The van der Waals surface area contributed by atoms with Crippen LogP contribution in [0.15, 0.2) is 48.5 Å². The number of anilines is 1. The van der Waals surface area contributed by atoms with Gasteiger partial charge < -0.3 is 10.1 Å². The van der Waals surface area contributed by atoms with Gasteiger partial charge in [0.05, 0.1) is 5.56 Å². The van der Waals surface area contributed by atoms with Crippen molar-refractivity contribution in [3.63, 3.8) is 0 Å². The average Bonchev–Trinajstić information content (AvgIpc) is 2.46. The summed E-state index contributed by atoms with van der Waals surface area (Å²) in [5.74, 6) is -0.0601. The molecule has 1 amide bonds. The molecule has 1 N–H and O–H groups in total. The lowest BCUT2D eigenvalue weighted by atomic mass is 10.2. The van der Waals surface area contributed by atoms with Crippen molar-refractivity contribution in [2.45, 2.75) is 6.18 Å². The zero-order valence-corrected chi connectivity index (χ0v) is 10.8. The van der Waals surface area contributed by atoms with E-state index in [2.05, 4.69) is 11.4 Å². The van der Waals surface area contributed by atoms with Crippen LogP contribution in [0.1, 0.15) is 5.56 Å². The Kier molecular flexibility index (Phi) is 4.47.